The molecular formula is C17H17N5OS. The number of rotatable bonds is 6. The first-order valence-electron chi connectivity index (χ1n) is 7.53. The van der Waals surface area contributed by atoms with Gasteiger partial charge in [-0.05, 0) is 24.3 Å². The van der Waals surface area contributed by atoms with E-state index in [1.54, 1.807) is 36.4 Å². The Hall–Kier alpha value is -2.67. The molecule has 0 aliphatic heterocycles. The highest BCUT2D eigenvalue weighted by atomic mass is 32.2. The molecule has 6 nitrogen and oxygen atoms in total. The Balaban J connectivity index is 1.58. The summed E-state index contributed by atoms with van der Waals surface area (Å²) in [6, 6.07) is 13.5. The van der Waals surface area contributed by atoms with Gasteiger partial charge in [0.15, 0.2) is 5.82 Å². The molecule has 0 spiro atoms. The molecule has 0 bridgehead atoms. The molecule has 3 aromatic rings. The Morgan fingerprint density at radius 3 is 2.88 bits per heavy atom. The number of hydrogen-bond acceptors (Lipinski definition) is 5. The molecule has 1 unspecified atom stereocenters. The second kappa shape index (κ2) is 7.74. The van der Waals surface area contributed by atoms with E-state index in [-0.39, 0.29) is 11.2 Å². The molecule has 0 aliphatic rings. The summed E-state index contributed by atoms with van der Waals surface area (Å²) >= 11 is 1.73. The number of benzene rings is 1. The highest BCUT2D eigenvalue weighted by Gasteiger charge is 2.10. The Bertz CT molecular complexity index is 792. The summed E-state index contributed by atoms with van der Waals surface area (Å²) in [6.45, 7) is 2.67. The van der Waals surface area contributed by atoms with E-state index in [4.69, 9.17) is 0 Å². The fourth-order valence-electron chi connectivity index (χ4n) is 2.12. The Morgan fingerprint density at radius 2 is 2.12 bits per heavy atom. The zero-order valence-corrected chi connectivity index (χ0v) is 14.0. The van der Waals surface area contributed by atoms with Crippen LogP contribution in [0.15, 0.2) is 66.2 Å². The van der Waals surface area contributed by atoms with Gasteiger partial charge in [0, 0.05) is 28.5 Å². The average Bonchev–Trinajstić information content (AvgIpc) is 3.15. The van der Waals surface area contributed by atoms with Crippen LogP contribution < -0.4 is 5.32 Å². The second-order valence-corrected chi connectivity index (χ2v) is 6.71. The number of hydrogen-bond donors (Lipinski definition) is 1. The van der Waals surface area contributed by atoms with Crippen molar-refractivity contribution in [1.82, 2.24) is 25.1 Å². The van der Waals surface area contributed by atoms with Gasteiger partial charge < -0.3 is 5.32 Å². The molecule has 24 heavy (non-hydrogen) atoms. The van der Waals surface area contributed by atoms with E-state index in [1.807, 2.05) is 18.2 Å². The number of amides is 1. The molecule has 3 rings (SSSR count). The number of carbonyl (C=O) groups is 1. The lowest BCUT2D eigenvalue weighted by molar-refractivity contribution is 0.0954. The second-order valence-electron chi connectivity index (χ2n) is 5.19. The van der Waals surface area contributed by atoms with Crippen LogP contribution >= 0.6 is 11.8 Å². The first kappa shape index (κ1) is 16.2. The van der Waals surface area contributed by atoms with Gasteiger partial charge in [-0.25, -0.2) is 14.6 Å². The highest BCUT2D eigenvalue weighted by Crippen LogP contribution is 2.22. The summed E-state index contributed by atoms with van der Waals surface area (Å²) in [5.74, 6) is 0.436. The Morgan fingerprint density at radius 1 is 1.29 bits per heavy atom. The fraction of sp³-hybridized carbons (Fsp3) is 0.176. The van der Waals surface area contributed by atoms with Crippen molar-refractivity contribution in [1.29, 1.82) is 0 Å². The molecule has 1 aromatic carbocycles. The zero-order valence-electron chi connectivity index (χ0n) is 13.2. The van der Waals surface area contributed by atoms with Gasteiger partial charge >= 0.3 is 0 Å². The van der Waals surface area contributed by atoms with E-state index in [9.17, 15) is 4.79 Å². The van der Waals surface area contributed by atoms with Crippen LogP contribution in [0.3, 0.4) is 0 Å². The van der Waals surface area contributed by atoms with Crippen LogP contribution in [0.4, 0.5) is 0 Å². The summed E-state index contributed by atoms with van der Waals surface area (Å²) in [5, 5.41) is 7.25. The van der Waals surface area contributed by atoms with Crippen LogP contribution in [0.2, 0.25) is 0 Å². The molecular weight excluding hydrogens is 322 g/mol. The van der Waals surface area contributed by atoms with E-state index in [1.165, 1.54) is 15.9 Å². The Kier molecular flexibility index (Phi) is 5.22. The van der Waals surface area contributed by atoms with Gasteiger partial charge in [0.25, 0.3) is 5.91 Å². The monoisotopic (exact) mass is 339 g/mol. The minimum Gasteiger partial charge on any atom is -0.351 e. The van der Waals surface area contributed by atoms with Gasteiger partial charge in [0.2, 0.25) is 0 Å². The van der Waals surface area contributed by atoms with E-state index in [0.717, 1.165) is 0 Å². The average molecular weight is 339 g/mol. The van der Waals surface area contributed by atoms with Gasteiger partial charge in [-0.2, -0.15) is 5.10 Å². The van der Waals surface area contributed by atoms with Crippen molar-refractivity contribution in [2.75, 3.05) is 6.54 Å². The summed E-state index contributed by atoms with van der Waals surface area (Å²) in [4.78, 5) is 21.6. The smallest absolute Gasteiger partial charge is 0.251 e. The maximum Gasteiger partial charge on any atom is 0.251 e. The first-order valence-corrected chi connectivity index (χ1v) is 8.41. The molecule has 1 atom stereocenters. The maximum atomic E-state index is 12.3. The van der Waals surface area contributed by atoms with Crippen LogP contribution in [-0.4, -0.2) is 37.5 Å². The fourth-order valence-corrected chi connectivity index (χ4v) is 3.07. The van der Waals surface area contributed by atoms with Crippen LogP contribution in [0, 0.1) is 0 Å². The summed E-state index contributed by atoms with van der Waals surface area (Å²) < 4.78 is 1.52. The number of pyridine rings is 1. The van der Waals surface area contributed by atoms with E-state index >= 15 is 0 Å². The Labute approximate surface area is 144 Å². The van der Waals surface area contributed by atoms with Crippen molar-refractivity contribution in [3.63, 3.8) is 0 Å². The zero-order chi connectivity index (χ0) is 16.8. The van der Waals surface area contributed by atoms with Crippen molar-refractivity contribution >= 4 is 17.7 Å². The third kappa shape index (κ3) is 4.20. The predicted octanol–water partition coefficient (Wildman–Crippen LogP) is 2.57. The lowest BCUT2D eigenvalue weighted by atomic mass is 10.2. The quantitative estimate of drug-likeness (QED) is 0.699. The van der Waals surface area contributed by atoms with Gasteiger partial charge in [0.05, 0.1) is 0 Å². The van der Waals surface area contributed by atoms with Crippen molar-refractivity contribution < 1.29 is 4.79 Å². The van der Waals surface area contributed by atoms with Crippen molar-refractivity contribution in [2.24, 2.45) is 0 Å². The topological polar surface area (TPSA) is 72.7 Å². The lowest BCUT2D eigenvalue weighted by Gasteiger charge is -2.12. The standard InChI is InChI=1S/C17H17N5OS/c1-13(24-15-5-3-2-4-6-15)10-20-17(23)14-7-8-19-16(9-14)22-12-18-11-21-22/h2-9,11-13H,10H2,1H3,(H,20,23). The molecule has 2 heterocycles. The van der Waals surface area contributed by atoms with Crippen molar-refractivity contribution in [3.8, 4) is 5.82 Å². The number of thioether (sulfide) groups is 1. The number of nitrogens with zero attached hydrogens (tertiary/aromatic N) is 4. The molecule has 0 fully saturated rings. The van der Waals surface area contributed by atoms with Gasteiger partial charge in [-0.3, -0.25) is 4.79 Å². The van der Waals surface area contributed by atoms with Gasteiger partial charge in [0.1, 0.15) is 12.7 Å². The van der Waals surface area contributed by atoms with Crippen LogP contribution in [0.1, 0.15) is 17.3 Å². The minimum atomic E-state index is -0.126. The van der Waals surface area contributed by atoms with Crippen LogP contribution in [-0.2, 0) is 0 Å². The molecule has 0 radical (unpaired) electrons. The molecule has 1 amide bonds. The number of aromatic nitrogens is 4. The van der Waals surface area contributed by atoms with Gasteiger partial charge in [-0.1, -0.05) is 25.1 Å². The lowest BCUT2D eigenvalue weighted by Crippen LogP contribution is -2.29. The van der Waals surface area contributed by atoms with Gasteiger partial charge in [-0.15, -0.1) is 11.8 Å². The van der Waals surface area contributed by atoms with Crippen LogP contribution in [0.5, 0.6) is 0 Å². The third-order valence-electron chi connectivity index (χ3n) is 3.29. The maximum absolute atomic E-state index is 12.3. The number of nitrogens with one attached hydrogen (secondary N) is 1. The number of carbonyl (C=O) groups excluding carboxylic acids is 1. The molecule has 0 saturated carbocycles. The molecule has 122 valence electrons. The molecule has 7 heteroatoms. The summed E-state index contributed by atoms with van der Waals surface area (Å²) in [7, 11) is 0. The van der Waals surface area contributed by atoms with E-state index < -0.39 is 0 Å². The van der Waals surface area contributed by atoms with E-state index in [0.29, 0.717) is 17.9 Å². The third-order valence-corrected chi connectivity index (χ3v) is 4.41. The molecule has 2 aromatic heterocycles. The SMILES string of the molecule is CC(CNC(=O)c1ccnc(-n2cncn2)c1)Sc1ccccc1. The van der Waals surface area contributed by atoms with E-state index in [2.05, 4.69) is 39.4 Å². The molecule has 0 aliphatic carbocycles. The summed E-state index contributed by atoms with van der Waals surface area (Å²) in [5.41, 5.74) is 0.549. The predicted molar refractivity (Wildman–Crippen MR) is 93.2 cm³/mol. The minimum absolute atomic E-state index is 0.126. The molecule has 0 saturated heterocycles. The summed E-state index contributed by atoms with van der Waals surface area (Å²) in [6.07, 6.45) is 4.56. The highest BCUT2D eigenvalue weighted by molar-refractivity contribution is 8.00. The van der Waals surface area contributed by atoms with Crippen molar-refractivity contribution in [3.05, 3.63) is 66.9 Å². The first-order chi connectivity index (χ1) is 11.7. The molecule has 1 N–H and O–H groups in total. The van der Waals surface area contributed by atoms with Crippen molar-refractivity contribution in [2.45, 2.75) is 17.1 Å². The normalized spacial score (nSPS) is 11.9. The largest absolute Gasteiger partial charge is 0.351 e. The van der Waals surface area contributed by atoms with Crippen LogP contribution in [0.25, 0.3) is 5.82 Å².